The number of nitriles is 1. The van der Waals surface area contributed by atoms with Crippen molar-refractivity contribution in [3.8, 4) is 11.8 Å². The SMILES string of the molecule is N#Cc1cc(N)c(Cc2ccccc2)n1CCOc1ccc(Cl)cc1. The van der Waals surface area contributed by atoms with Crippen LogP contribution in [0.1, 0.15) is 17.0 Å². The normalized spacial score (nSPS) is 10.4. The fourth-order valence-electron chi connectivity index (χ4n) is 2.73. The monoisotopic (exact) mass is 351 g/mol. The Morgan fingerprint density at radius 3 is 2.48 bits per heavy atom. The zero-order valence-electron chi connectivity index (χ0n) is 13.7. The molecule has 2 N–H and O–H groups in total. The van der Waals surface area contributed by atoms with Gasteiger partial charge in [0.2, 0.25) is 0 Å². The zero-order valence-corrected chi connectivity index (χ0v) is 14.4. The molecule has 2 aromatic carbocycles. The first-order chi connectivity index (χ1) is 12.2. The molecule has 3 rings (SSSR count). The van der Waals surface area contributed by atoms with E-state index in [1.165, 1.54) is 0 Å². The van der Waals surface area contributed by atoms with Crippen LogP contribution < -0.4 is 10.5 Å². The van der Waals surface area contributed by atoms with Crippen LogP contribution in [-0.4, -0.2) is 11.2 Å². The second kappa shape index (κ2) is 7.78. The molecule has 5 heteroatoms. The summed E-state index contributed by atoms with van der Waals surface area (Å²) in [5, 5.41) is 10.1. The third kappa shape index (κ3) is 4.14. The van der Waals surface area contributed by atoms with Crippen molar-refractivity contribution in [2.24, 2.45) is 0 Å². The molecule has 0 amide bonds. The van der Waals surface area contributed by atoms with Gasteiger partial charge in [-0.3, -0.25) is 0 Å². The molecule has 0 atom stereocenters. The highest BCUT2D eigenvalue weighted by Gasteiger charge is 2.13. The number of nitrogen functional groups attached to an aromatic ring is 1. The minimum atomic E-state index is 0.437. The Labute approximate surface area is 152 Å². The van der Waals surface area contributed by atoms with Gasteiger partial charge in [0.25, 0.3) is 0 Å². The second-order valence-corrected chi connectivity index (χ2v) is 6.10. The van der Waals surface area contributed by atoms with Crippen molar-refractivity contribution < 1.29 is 4.74 Å². The maximum atomic E-state index is 9.39. The number of halogens is 1. The van der Waals surface area contributed by atoms with Crippen LogP contribution in [0.3, 0.4) is 0 Å². The van der Waals surface area contributed by atoms with Gasteiger partial charge in [-0.05, 0) is 35.9 Å². The molecule has 0 aliphatic heterocycles. The molecule has 0 spiro atoms. The summed E-state index contributed by atoms with van der Waals surface area (Å²) in [5.41, 5.74) is 9.40. The molecule has 0 saturated carbocycles. The minimum absolute atomic E-state index is 0.437. The van der Waals surface area contributed by atoms with Gasteiger partial charge in [0.15, 0.2) is 0 Å². The van der Waals surface area contributed by atoms with Crippen LogP contribution in [0, 0.1) is 11.3 Å². The van der Waals surface area contributed by atoms with E-state index in [9.17, 15) is 5.26 Å². The van der Waals surface area contributed by atoms with E-state index in [1.807, 2.05) is 47.0 Å². The van der Waals surface area contributed by atoms with Gasteiger partial charge in [-0.25, -0.2) is 0 Å². The Bertz CT molecular complexity index is 880. The largest absolute Gasteiger partial charge is 0.492 e. The Morgan fingerprint density at radius 2 is 1.80 bits per heavy atom. The number of hydrogen-bond donors (Lipinski definition) is 1. The van der Waals surface area contributed by atoms with Gasteiger partial charge in [-0.1, -0.05) is 41.9 Å². The molecule has 126 valence electrons. The molecule has 3 aromatic rings. The summed E-state index contributed by atoms with van der Waals surface area (Å²) in [5.74, 6) is 0.743. The van der Waals surface area contributed by atoms with Gasteiger partial charge in [0.05, 0.1) is 12.2 Å². The highest BCUT2D eigenvalue weighted by molar-refractivity contribution is 6.30. The minimum Gasteiger partial charge on any atom is -0.492 e. The smallest absolute Gasteiger partial charge is 0.122 e. The quantitative estimate of drug-likeness (QED) is 0.721. The second-order valence-electron chi connectivity index (χ2n) is 5.66. The lowest BCUT2D eigenvalue weighted by atomic mass is 10.1. The van der Waals surface area contributed by atoms with Crippen LogP contribution in [-0.2, 0) is 13.0 Å². The van der Waals surface area contributed by atoms with E-state index >= 15 is 0 Å². The zero-order chi connectivity index (χ0) is 17.6. The lowest BCUT2D eigenvalue weighted by Gasteiger charge is -2.13. The van der Waals surface area contributed by atoms with Crippen molar-refractivity contribution in [2.75, 3.05) is 12.3 Å². The number of aromatic nitrogens is 1. The first kappa shape index (κ1) is 16.9. The summed E-state index contributed by atoms with van der Waals surface area (Å²) in [7, 11) is 0. The molecule has 0 bridgehead atoms. The number of nitrogens with zero attached hydrogens (tertiary/aromatic N) is 2. The van der Waals surface area contributed by atoms with Crippen LogP contribution in [0.4, 0.5) is 5.69 Å². The predicted molar refractivity (Wildman–Crippen MR) is 99.8 cm³/mol. The number of ether oxygens (including phenoxy) is 1. The van der Waals surface area contributed by atoms with Gasteiger partial charge in [0, 0.05) is 17.1 Å². The fourth-order valence-corrected chi connectivity index (χ4v) is 2.86. The van der Waals surface area contributed by atoms with Crippen LogP contribution in [0.15, 0.2) is 60.7 Å². The topological polar surface area (TPSA) is 64.0 Å². The van der Waals surface area contributed by atoms with E-state index in [0.717, 1.165) is 17.0 Å². The van der Waals surface area contributed by atoms with Crippen molar-refractivity contribution in [3.05, 3.63) is 82.6 Å². The molecule has 0 fully saturated rings. The Hall–Kier alpha value is -2.90. The number of rotatable bonds is 6. The van der Waals surface area contributed by atoms with Crippen molar-refractivity contribution in [2.45, 2.75) is 13.0 Å². The predicted octanol–water partition coefficient (Wildman–Crippen LogP) is 4.27. The molecule has 1 heterocycles. The van der Waals surface area contributed by atoms with E-state index in [-0.39, 0.29) is 0 Å². The van der Waals surface area contributed by atoms with Crippen LogP contribution in [0.2, 0.25) is 5.02 Å². The molecule has 25 heavy (non-hydrogen) atoms. The van der Waals surface area contributed by atoms with Crippen molar-refractivity contribution in [1.29, 1.82) is 5.26 Å². The molecule has 0 aliphatic rings. The molecular formula is C20H18ClN3O. The third-order valence-electron chi connectivity index (χ3n) is 3.97. The van der Waals surface area contributed by atoms with Crippen molar-refractivity contribution >= 4 is 17.3 Å². The number of benzene rings is 2. The fraction of sp³-hybridized carbons (Fsp3) is 0.150. The van der Waals surface area contributed by atoms with E-state index < -0.39 is 0 Å². The van der Waals surface area contributed by atoms with Crippen LogP contribution in [0.25, 0.3) is 0 Å². The van der Waals surface area contributed by atoms with Gasteiger partial charge in [-0.2, -0.15) is 5.26 Å². The standard InChI is InChI=1S/C20H18ClN3O/c21-16-6-8-18(9-7-16)25-11-10-24-17(14-22)13-19(23)20(24)12-15-4-2-1-3-5-15/h1-9,13H,10-12,23H2. The number of anilines is 1. The van der Waals surface area contributed by atoms with E-state index in [1.54, 1.807) is 18.2 Å². The van der Waals surface area contributed by atoms with E-state index in [0.29, 0.717) is 36.0 Å². The molecule has 0 aliphatic carbocycles. The molecule has 0 saturated heterocycles. The maximum absolute atomic E-state index is 9.39. The van der Waals surface area contributed by atoms with Gasteiger partial charge in [0.1, 0.15) is 24.1 Å². The Morgan fingerprint density at radius 1 is 1.08 bits per heavy atom. The van der Waals surface area contributed by atoms with Gasteiger partial charge in [-0.15, -0.1) is 0 Å². The maximum Gasteiger partial charge on any atom is 0.122 e. The lowest BCUT2D eigenvalue weighted by Crippen LogP contribution is -2.13. The van der Waals surface area contributed by atoms with Crippen molar-refractivity contribution in [3.63, 3.8) is 0 Å². The highest BCUT2D eigenvalue weighted by atomic mass is 35.5. The lowest BCUT2D eigenvalue weighted by molar-refractivity contribution is 0.296. The summed E-state index contributed by atoms with van der Waals surface area (Å²) in [4.78, 5) is 0. The average Bonchev–Trinajstić information content (AvgIpc) is 2.93. The summed E-state index contributed by atoms with van der Waals surface area (Å²) >= 11 is 5.87. The van der Waals surface area contributed by atoms with Gasteiger partial charge >= 0.3 is 0 Å². The number of hydrogen-bond acceptors (Lipinski definition) is 3. The molecule has 4 nitrogen and oxygen atoms in total. The molecule has 0 radical (unpaired) electrons. The summed E-state index contributed by atoms with van der Waals surface area (Å²) in [6.45, 7) is 0.983. The first-order valence-electron chi connectivity index (χ1n) is 7.97. The summed E-state index contributed by atoms with van der Waals surface area (Å²) < 4.78 is 7.68. The first-order valence-corrected chi connectivity index (χ1v) is 8.35. The molecule has 0 unspecified atom stereocenters. The highest BCUT2D eigenvalue weighted by Crippen LogP contribution is 2.22. The van der Waals surface area contributed by atoms with Crippen LogP contribution in [0.5, 0.6) is 5.75 Å². The summed E-state index contributed by atoms with van der Waals surface area (Å²) in [6, 6.07) is 21.2. The van der Waals surface area contributed by atoms with E-state index in [4.69, 9.17) is 22.1 Å². The molecular weight excluding hydrogens is 334 g/mol. The van der Waals surface area contributed by atoms with Gasteiger partial charge < -0.3 is 15.0 Å². The number of nitrogens with two attached hydrogens (primary N) is 1. The van der Waals surface area contributed by atoms with E-state index in [2.05, 4.69) is 6.07 Å². The summed E-state index contributed by atoms with van der Waals surface area (Å²) in [6.07, 6.45) is 0.676. The van der Waals surface area contributed by atoms with Crippen molar-refractivity contribution in [1.82, 2.24) is 4.57 Å². The Kier molecular flexibility index (Phi) is 5.27. The average molecular weight is 352 g/mol. The molecule has 1 aromatic heterocycles. The third-order valence-corrected chi connectivity index (χ3v) is 4.22. The Balaban J connectivity index is 1.75. The van der Waals surface area contributed by atoms with Crippen LogP contribution >= 0.6 is 11.6 Å².